The van der Waals surface area contributed by atoms with Gasteiger partial charge in [0.1, 0.15) is 24.7 Å². The molecule has 3 atom stereocenters. The molecule has 1 aliphatic heterocycles. The number of rotatable bonds is 25. The molecule has 6 N–H and O–H groups in total. The van der Waals surface area contributed by atoms with Gasteiger partial charge in [-0.05, 0) is 35.6 Å². The van der Waals surface area contributed by atoms with E-state index < -0.39 is 42.2 Å². The van der Waals surface area contributed by atoms with E-state index >= 15 is 0 Å². The van der Waals surface area contributed by atoms with Gasteiger partial charge in [0, 0.05) is 64.1 Å². The van der Waals surface area contributed by atoms with Gasteiger partial charge in [-0.25, -0.2) is 15.0 Å². The minimum absolute atomic E-state index is 0.0235. The summed E-state index contributed by atoms with van der Waals surface area (Å²) in [7, 11) is 1.72. The Hall–Kier alpha value is -5.82. The second kappa shape index (κ2) is 24.6. The number of pyridine rings is 1. The molecule has 3 amide bonds. The first kappa shape index (κ1) is 52.5. The zero-order chi connectivity index (χ0) is 49.6. The molecule has 0 radical (unpaired) electrons. The van der Waals surface area contributed by atoms with Crippen LogP contribution in [-0.4, -0.2) is 143 Å². The van der Waals surface area contributed by atoms with Crippen LogP contribution in [0.25, 0.3) is 21.9 Å². The van der Waals surface area contributed by atoms with E-state index in [1.165, 1.54) is 23.2 Å². The number of carbonyl (C=O) groups excluding carboxylic acids is 3. The monoisotopic (exact) mass is 983 g/mol. The number of aryl methyl sites for hydroxylation is 2. The van der Waals surface area contributed by atoms with E-state index in [2.05, 4.69) is 46.6 Å². The fourth-order valence-corrected chi connectivity index (χ4v) is 8.19. The lowest BCUT2D eigenvalue weighted by Crippen LogP contribution is -2.57. The predicted molar refractivity (Wildman–Crippen MR) is 251 cm³/mol. The van der Waals surface area contributed by atoms with Crippen molar-refractivity contribution >= 4 is 40.6 Å². The van der Waals surface area contributed by atoms with E-state index in [9.17, 15) is 32.7 Å². The topological polar surface area (TPSA) is 232 Å². The fraction of sp³-hybridized carbons (Fsp3) is 0.500. The second-order valence-electron chi connectivity index (χ2n) is 17.4. The van der Waals surface area contributed by atoms with Crippen LogP contribution in [0.4, 0.5) is 24.7 Å². The van der Waals surface area contributed by atoms with Gasteiger partial charge in [0.15, 0.2) is 5.69 Å². The van der Waals surface area contributed by atoms with Crippen LogP contribution in [0.5, 0.6) is 0 Å². The summed E-state index contributed by atoms with van der Waals surface area (Å²) >= 11 is 1.58. The number of anilines is 2. The molecule has 6 rings (SSSR count). The van der Waals surface area contributed by atoms with Gasteiger partial charge in [0.05, 0.1) is 79.3 Å². The number of aliphatic hydroxyl groups is 1. The third-order valence-electron chi connectivity index (χ3n) is 10.8. The molecule has 23 heteroatoms. The van der Waals surface area contributed by atoms with Crippen LogP contribution in [0.15, 0.2) is 65.0 Å². The number of halogens is 3. The van der Waals surface area contributed by atoms with E-state index in [1.807, 2.05) is 57.5 Å². The molecular weight excluding hydrogens is 924 g/mol. The highest BCUT2D eigenvalue weighted by molar-refractivity contribution is 7.13. The molecule has 0 spiro atoms. The van der Waals surface area contributed by atoms with Gasteiger partial charge in [-0.2, -0.15) is 18.3 Å². The molecule has 5 aromatic rings. The number of nitrogens with zero attached hydrogens (tertiary/aromatic N) is 6. The van der Waals surface area contributed by atoms with Crippen LogP contribution in [-0.2, 0) is 43.9 Å². The number of aromatic nitrogens is 5. The molecule has 1 saturated heterocycles. The molecule has 374 valence electrons. The van der Waals surface area contributed by atoms with Gasteiger partial charge in [0.2, 0.25) is 17.7 Å². The third kappa shape index (κ3) is 15.9. The van der Waals surface area contributed by atoms with Crippen molar-refractivity contribution in [3.8, 4) is 21.9 Å². The Morgan fingerprint density at radius 3 is 2.35 bits per heavy atom. The van der Waals surface area contributed by atoms with Gasteiger partial charge >= 0.3 is 6.18 Å². The number of alkyl halides is 3. The summed E-state index contributed by atoms with van der Waals surface area (Å²) in [4.78, 5) is 55.3. The normalized spacial score (nSPS) is 15.6. The Morgan fingerprint density at radius 2 is 1.67 bits per heavy atom. The lowest BCUT2D eigenvalue weighted by atomic mass is 9.85. The van der Waals surface area contributed by atoms with Crippen LogP contribution in [0.2, 0.25) is 0 Å². The number of β-amino-alcohol motifs (C(OH)–C–C–N with tert-alkyl or cyclic N) is 1. The van der Waals surface area contributed by atoms with Crippen molar-refractivity contribution in [2.45, 2.75) is 71.6 Å². The van der Waals surface area contributed by atoms with E-state index in [4.69, 9.17) is 18.6 Å². The molecule has 69 heavy (non-hydrogen) atoms. The summed E-state index contributed by atoms with van der Waals surface area (Å²) < 4.78 is 61.9. The molecule has 1 fully saturated rings. The maximum Gasteiger partial charge on any atom is 0.405 e. The first-order valence-electron chi connectivity index (χ1n) is 22.4. The van der Waals surface area contributed by atoms with Crippen molar-refractivity contribution in [3.63, 3.8) is 0 Å². The number of nitrogens with one attached hydrogen (secondary N) is 5. The summed E-state index contributed by atoms with van der Waals surface area (Å²) in [5.74, 6) is -1.11. The largest absolute Gasteiger partial charge is 0.444 e. The van der Waals surface area contributed by atoms with Crippen molar-refractivity contribution < 1.29 is 51.3 Å². The molecule has 1 aliphatic rings. The van der Waals surface area contributed by atoms with Crippen LogP contribution in [0, 0.1) is 12.3 Å². The zero-order valence-electron chi connectivity index (χ0n) is 39.2. The third-order valence-corrected chi connectivity index (χ3v) is 11.8. The Bertz CT molecular complexity index is 2440. The van der Waals surface area contributed by atoms with Gasteiger partial charge in [-0.3, -0.25) is 19.1 Å². The molecule has 0 bridgehead atoms. The molecule has 4 aromatic heterocycles. The molecule has 0 unspecified atom stereocenters. The highest BCUT2D eigenvalue weighted by atomic mass is 32.1. The number of oxazole rings is 1. The number of aliphatic hydroxyl groups excluding tert-OH is 1. The summed E-state index contributed by atoms with van der Waals surface area (Å²) in [5.41, 5.74) is 5.59. The lowest BCUT2D eigenvalue weighted by Gasteiger charge is -2.35. The number of carbonyl (C=O) groups is 3. The average Bonchev–Trinajstić information content (AvgIpc) is 4.13. The summed E-state index contributed by atoms with van der Waals surface area (Å²) in [6, 6.07) is 9.35. The Morgan fingerprint density at radius 1 is 0.957 bits per heavy atom. The van der Waals surface area contributed by atoms with E-state index in [0.717, 1.165) is 28.0 Å². The summed E-state index contributed by atoms with van der Waals surface area (Å²) in [5, 5.41) is 29.4. The Kier molecular flexibility index (Phi) is 18.8. The molecule has 1 aromatic carbocycles. The van der Waals surface area contributed by atoms with Gasteiger partial charge < -0.3 is 55.2 Å². The van der Waals surface area contributed by atoms with Crippen LogP contribution >= 0.6 is 11.3 Å². The van der Waals surface area contributed by atoms with E-state index in [0.29, 0.717) is 82.8 Å². The predicted octanol–water partition coefficient (Wildman–Crippen LogP) is 4.55. The average molecular weight is 984 g/mol. The number of hydrogen-bond acceptors (Lipinski definition) is 16. The SMILES string of the molecule is Cc1ncsc1-c1ccc(CNC(=O)[C@@H]2C[C@@H](O)CN2C(=O)[C@@H](NCCOCCOCCOCCNCc2nn(C)cc2NC(=O)c2coc(-c3ccnc(NCC(F)(F)F)c3)n2)C(C)(C)C)cc1. The van der Waals surface area contributed by atoms with Crippen molar-refractivity contribution in [2.24, 2.45) is 12.5 Å². The van der Waals surface area contributed by atoms with Crippen molar-refractivity contribution in [1.82, 2.24) is 45.6 Å². The van der Waals surface area contributed by atoms with Gasteiger partial charge in [0.25, 0.3) is 5.91 Å². The summed E-state index contributed by atoms with van der Waals surface area (Å²) in [6.45, 7) is 10.3. The molecule has 19 nitrogen and oxygen atoms in total. The smallest absolute Gasteiger partial charge is 0.405 e. The maximum absolute atomic E-state index is 13.9. The van der Waals surface area contributed by atoms with Gasteiger partial charge in [-0.15, -0.1) is 11.3 Å². The maximum atomic E-state index is 13.9. The quantitative estimate of drug-likeness (QED) is 0.0441. The Labute approximate surface area is 401 Å². The minimum atomic E-state index is -4.42. The van der Waals surface area contributed by atoms with E-state index in [1.54, 1.807) is 29.3 Å². The highest BCUT2D eigenvalue weighted by Gasteiger charge is 2.43. The van der Waals surface area contributed by atoms with Crippen LogP contribution in [0.1, 0.15) is 54.6 Å². The molecule has 0 saturated carbocycles. The van der Waals surface area contributed by atoms with Crippen molar-refractivity contribution in [2.75, 3.05) is 76.5 Å². The van der Waals surface area contributed by atoms with Crippen molar-refractivity contribution in [3.05, 3.63) is 83.2 Å². The first-order valence-corrected chi connectivity index (χ1v) is 23.3. The number of hydrogen-bond donors (Lipinski definition) is 6. The van der Waals surface area contributed by atoms with Crippen molar-refractivity contribution in [1.29, 1.82) is 0 Å². The first-order chi connectivity index (χ1) is 32.9. The number of amides is 3. The number of ether oxygens (including phenoxy) is 3. The molecular formula is C46H60F3N11O8S. The number of likely N-dealkylation sites (tertiary alicyclic amines) is 1. The van der Waals surface area contributed by atoms with Gasteiger partial charge in [-0.1, -0.05) is 45.0 Å². The zero-order valence-corrected chi connectivity index (χ0v) is 40.0. The minimum Gasteiger partial charge on any atom is -0.444 e. The molecule has 0 aliphatic carbocycles. The fourth-order valence-electron chi connectivity index (χ4n) is 7.38. The summed E-state index contributed by atoms with van der Waals surface area (Å²) in [6.07, 6.45) is -0.960. The van der Waals surface area contributed by atoms with Crippen LogP contribution < -0.4 is 26.6 Å². The number of thiazole rings is 1. The molecule has 5 heterocycles. The number of benzene rings is 1. The van der Waals surface area contributed by atoms with Crippen LogP contribution in [0.3, 0.4) is 0 Å². The second-order valence-corrected chi connectivity index (χ2v) is 18.3. The standard InChI is InChI=1S/C46H60F3N11O8S/c1-29-39(69-28-55-29)31-8-6-30(7-9-31)22-53-42(63)37-21-33(61)24-60(37)44(64)40(45(2,3)4)52-13-15-66-17-19-67-18-16-65-14-12-50-23-34-35(25-59(5)58-34)56-41(62)36-26-68-43(57-36)32-10-11-51-38(20-32)54-27-46(47,48)49/h6-11,20,25-26,28,33,37,40,50,52,61H,12-19,21-24,27H2,1-5H3,(H,51,54)(H,53,63)(H,56,62)/t33-,37+,40-/m1/s1. The lowest BCUT2D eigenvalue weighted by molar-refractivity contribution is -0.142. The highest BCUT2D eigenvalue weighted by Crippen LogP contribution is 2.29. The Balaban J connectivity index is 0.821. The van der Waals surface area contributed by atoms with E-state index in [-0.39, 0.29) is 42.2 Å².